The van der Waals surface area contributed by atoms with Crippen molar-refractivity contribution < 1.29 is 19.2 Å². The van der Waals surface area contributed by atoms with E-state index in [1.807, 2.05) is 50.2 Å². The number of benzene rings is 3. The van der Waals surface area contributed by atoms with Crippen LogP contribution in [0.2, 0.25) is 0 Å². The Morgan fingerprint density at radius 3 is 2.03 bits per heavy atom. The number of carbonyl (C=O) groups is 4. The molecule has 1 atom stereocenters. The smallest absolute Gasteiger partial charge is 0.257 e. The van der Waals surface area contributed by atoms with Gasteiger partial charge in [0, 0.05) is 24.7 Å². The predicted molar refractivity (Wildman–Crippen MR) is 134 cm³/mol. The van der Waals surface area contributed by atoms with Crippen molar-refractivity contribution in [1.29, 1.82) is 0 Å². The molecule has 1 heterocycles. The molecular weight excluding hydrogens is 442 g/mol. The van der Waals surface area contributed by atoms with E-state index in [1.165, 1.54) is 11.8 Å². The topological polar surface area (TPSA) is 86.8 Å². The van der Waals surface area contributed by atoms with Gasteiger partial charge in [-0.25, -0.2) is 4.90 Å². The molecule has 0 bridgehead atoms. The molecule has 3 aromatic carbocycles. The second kappa shape index (κ2) is 9.93. The minimum Gasteiger partial charge on any atom is -0.326 e. The number of aryl methyl sites for hydroxylation is 2. The first kappa shape index (κ1) is 23.9. The summed E-state index contributed by atoms with van der Waals surface area (Å²) in [6.45, 7) is 5.52. The number of hydrogen-bond acceptors (Lipinski definition) is 4. The second-order valence-electron chi connectivity index (χ2n) is 8.80. The summed E-state index contributed by atoms with van der Waals surface area (Å²) in [4.78, 5) is 53.9. The molecule has 3 aromatic rings. The van der Waals surface area contributed by atoms with Gasteiger partial charge in [0.25, 0.3) is 11.8 Å². The van der Waals surface area contributed by atoms with Gasteiger partial charge in [-0.2, -0.15) is 0 Å². The SMILES string of the molecule is CC(=O)Nc1ccc(N2C(=O)CC(N(Cc3ccc(C)cc3)C(=O)c3ccc(C)cc3)C2=O)cc1. The molecule has 7 heteroatoms. The fraction of sp³-hybridized carbons (Fsp3) is 0.214. The third-order valence-electron chi connectivity index (χ3n) is 5.98. The number of hydrogen-bond donors (Lipinski definition) is 1. The molecule has 1 fully saturated rings. The number of rotatable bonds is 6. The van der Waals surface area contributed by atoms with Gasteiger partial charge in [-0.05, 0) is 55.8 Å². The average Bonchev–Trinajstić information content (AvgIpc) is 3.12. The monoisotopic (exact) mass is 469 g/mol. The molecule has 35 heavy (non-hydrogen) atoms. The molecule has 0 saturated carbocycles. The molecule has 1 aliphatic heterocycles. The van der Waals surface area contributed by atoms with Crippen LogP contribution in [0.1, 0.15) is 40.4 Å². The van der Waals surface area contributed by atoms with E-state index in [1.54, 1.807) is 36.4 Å². The molecule has 4 amide bonds. The van der Waals surface area contributed by atoms with Crippen LogP contribution in [-0.4, -0.2) is 34.6 Å². The molecule has 178 valence electrons. The van der Waals surface area contributed by atoms with Crippen molar-refractivity contribution in [1.82, 2.24) is 4.90 Å². The fourth-order valence-corrected chi connectivity index (χ4v) is 4.10. The number of anilines is 2. The van der Waals surface area contributed by atoms with E-state index >= 15 is 0 Å². The number of nitrogens with one attached hydrogen (secondary N) is 1. The third-order valence-corrected chi connectivity index (χ3v) is 5.98. The molecule has 7 nitrogen and oxygen atoms in total. The maximum Gasteiger partial charge on any atom is 0.257 e. The van der Waals surface area contributed by atoms with E-state index in [9.17, 15) is 19.2 Å². The van der Waals surface area contributed by atoms with E-state index in [0.717, 1.165) is 21.6 Å². The van der Waals surface area contributed by atoms with E-state index in [2.05, 4.69) is 5.32 Å². The molecule has 4 rings (SSSR count). The lowest BCUT2D eigenvalue weighted by molar-refractivity contribution is -0.122. The predicted octanol–water partition coefficient (Wildman–Crippen LogP) is 4.24. The van der Waals surface area contributed by atoms with Crippen molar-refractivity contribution in [3.05, 3.63) is 95.1 Å². The zero-order chi connectivity index (χ0) is 25.1. The first-order valence-electron chi connectivity index (χ1n) is 11.4. The Labute approximate surface area is 204 Å². The number of imide groups is 1. The summed E-state index contributed by atoms with van der Waals surface area (Å²) < 4.78 is 0. The highest BCUT2D eigenvalue weighted by Gasteiger charge is 2.44. The van der Waals surface area contributed by atoms with Gasteiger partial charge >= 0.3 is 0 Å². The quantitative estimate of drug-likeness (QED) is 0.547. The first-order chi connectivity index (χ1) is 16.7. The van der Waals surface area contributed by atoms with Crippen LogP contribution in [0.25, 0.3) is 0 Å². The van der Waals surface area contributed by atoms with Crippen LogP contribution in [-0.2, 0) is 20.9 Å². The van der Waals surface area contributed by atoms with E-state index in [0.29, 0.717) is 16.9 Å². The summed E-state index contributed by atoms with van der Waals surface area (Å²) in [5.74, 6) is -1.35. The highest BCUT2D eigenvalue weighted by Crippen LogP contribution is 2.29. The Morgan fingerprint density at radius 2 is 1.46 bits per heavy atom. The largest absolute Gasteiger partial charge is 0.326 e. The molecule has 1 unspecified atom stereocenters. The van der Waals surface area contributed by atoms with Crippen molar-refractivity contribution in [2.75, 3.05) is 10.2 Å². The average molecular weight is 470 g/mol. The Balaban J connectivity index is 1.64. The van der Waals surface area contributed by atoms with Gasteiger partial charge in [-0.15, -0.1) is 0 Å². The second-order valence-corrected chi connectivity index (χ2v) is 8.80. The van der Waals surface area contributed by atoms with Gasteiger partial charge in [0.2, 0.25) is 11.8 Å². The van der Waals surface area contributed by atoms with Gasteiger partial charge in [0.05, 0.1) is 12.1 Å². The summed E-state index contributed by atoms with van der Waals surface area (Å²) in [5, 5.41) is 2.66. The molecule has 0 spiro atoms. The van der Waals surface area contributed by atoms with Crippen molar-refractivity contribution in [2.45, 2.75) is 39.8 Å². The van der Waals surface area contributed by atoms with Crippen molar-refractivity contribution in [2.24, 2.45) is 0 Å². The van der Waals surface area contributed by atoms with Crippen LogP contribution in [0.15, 0.2) is 72.8 Å². The number of nitrogens with zero attached hydrogens (tertiary/aromatic N) is 2. The van der Waals surface area contributed by atoms with Gasteiger partial charge < -0.3 is 10.2 Å². The molecule has 1 N–H and O–H groups in total. The first-order valence-corrected chi connectivity index (χ1v) is 11.4. The van der Waals surface area contributed by atoms with Crippen LogP contribution in [0.5, 0.6) is 0 Å². The zero-order valence-electron chi connectivity index (χ0n) is 19.9. The van der Waals surface area contributed by atoms with Crippen LogP contribution >= 0.6 is 0 Å². The highest BCUT2D eigenvalue weighted by atomic mass is 16.2. The molecular formula is C28H27N3O4. The van der Waals surface area contributed by atoms with Gasteiger partial charge in [-0.3, -0.25) is 19.2 Å². The Kier molecular flexibility index (Phi) is 6.78. The van der Waals surface area contributed by atoms with E-state index in [-0.39, 0.29) is 30.7 Å². The molecule has 1 aliphatic rings. The Bertz CT molecular complexity index is 1270. The standard InChI is InChI=1S/C28H27N3O4/c1-18-4-8-21(9-5-18)17-30(27(34)22-10-6-19(2)7-11-22)25-16-26(33)31(28(25)35)24-14-12-23(13-15-24)29-20(3)32/h4-15,25H,16-17H2,1-3H3,(H,29,32). The van der Waals surface area contributed by atoms with Crippen LogP contribution in [0.3, 0.4) is 0 Å². The van der Waals surface area contributed by atoms with Gasteiger partial charge in [0.15, 0.2) is 0 Å². The molecule has 0 aromatic heterocycles. The summed E-state index contributed by atoms with van der Waals surface area (Å²) in [6.07, 6.45) is -0.101. The highest BCUT2D eigenvalue weighted by molar-refractivity contribution is 6.23. The molecule has 0 aliphatic carbocycles. The summed E-state index contributed by atoms with van der Waals surface area (Å²) in [5.41, 5.74) is 4.40. The van der Waals surface area contributed by atoms with E-state index < -0.39 is 11.9 Å². The van der Waals surface area contributed by atoms with Crippen molar-refractivity contribution in [3.63, 3.8) is 0 Å². The lowest BCUT2D eigenvalue weighted by atomic mass is 10.1. The molecule has 0 radical (unpaired) electrons. The zero-order valence-corrected chi connectivity index (χ0v) is 19.9. The van der Waals surface area contributed by atoms with Crippen LogP contribution in [0.4, 0.5) is 11.4 Å². The van der Waals surface area contributed by atoms with Gasteiger partial charge in [-0.1, -0.05) is 47.5 Å². The third kappa shape index (κ3) is 5.30. The summed E-state index contributed by atoms with van der Waals surface area (Å²) in [6, 6.07) is 20.5. The van der Waals surface area contributed by atoms with Gasteiger partial charge in [0.1, 0.15) is 6.04 Å². The maximum absolute atomic E-state index is 13.6. The van der Waals surface area contributed by atoms with Crippen molar-refractivity contribution >= 4 is 35.0 Å². The van der Waals surface area contributed by atoms with Crippen LogP contribution in [0, 0.1) is 13.8 Å². The maximum atomic E-state index is 13.6. The lowest BCUT2D eigenvalue weighted by Crippen LogP contribution is -2.45. The number of carbonyl (C=O) groups excluding carboxylic acids is 4. The normalized spacial score (nSPS) is 15.3. The van der Waals surface area contributed by atoms with E-state index in [4.69, 9.17) is 0 Å². The summed E-state index contributed by atoms with van der Waals surface area (Å²) >= 11 is 0. The fourth-order valence-electron chi connectivity index (χ4n) is 4.10. The Hall–Kier alpha value is -4.26. The summed E-state index contributed by atoms with van der Waals surface area (Å²) in [7, 11) is 0. The minimum atomic E-state index is -0.923. The molecule has 1 saturated heterocycles. The minimum absolute atomic E-state index is 0.101. The number of amides is 4. The van der Waals surface area contributed by atoms with Crippen LogP contribution < -0.4 is 10.2 Å². The Morgan fingerprint density at radius 1 is 0.886 bits per heavy atom. The lowest BCUT2D eigenvalue weighted by Gasteiger charge is -2.28. The van der Waals surface area contributed by atoms with Crippen molar-refractivity contribution in [3.8, 4) is 0 Å².